The highest BCUT2D eigenvalue weighted by molar-refractivity contribution is 9.10. The normalized spacial score (nSPS) is 15.1. The molecule has 144 valence electrons. The van der Waals surface area contributed by atoms with Crippen LogP contribution in [0, 0.1) is 0 Å². The van der Waals surface area contributed by atoms with Gasteiger partial charge >= 0.3 is 5.97 Å². The van der Waals surface area contributed by atoms with Crippen molar-refractivity contribution in [3.8, 4) is 11.3 Å². The lowest BCUT2D eigenvalue weighted by Gasteiger charge is -2.14. The molecule has 0 spiro atoms. The monoisotopic (exact) mass is 452 g/mol. The maximum Gasteiger partial charge on any atom is 0.335 e. The molecule has 29 heavy (non-hydrogen) atoms. The molecule has 4 rings (SSSR count). The second kappa shape index (κ2) is 7.40. The first-order valence-corrected chi connectivity index (χ1v) is 9.28. The fourth-order valence-electron chi connectivity index (χ4n) is 2.83. The number of hydrogen-bond donors (Lipinski definition) is 2. The third-order valence-electron chi connectivity index (χ3n) is 4.31. The van der Waals surface area contributed by atoms with Crippen molar-refractivity contribution in [2.75, 3.05) is 5.01 Å². The molecule has 0 bridgehead atoms. The van der Waals surface area contributed by atoms with Crippen LogP contribution in [0.3, 0.4) is 0 Å². The van der Waals surface area contributed by atoms with Gasteiger partial charge in [-0.1, -0.05) is 28.1 Å². The minimum Gasteiger partial charge on any atom is -0.478 e. The van der Waals surface area contributed by atoms with Crippen LogP contribution in [-0.4, -0.2) is 22.9 Å². The van der Waals surface area contributed by atoms with E-state index in [9.17, 15) is 14.4 Å². The predicted molar refractivity (Wildman–Crippen MR) is 109 cm³/mol. The average Bonchev–Trinajstić information content (AvgIpc) is 3.29. The Morgan fingerprint density at radius 3 is 2.34 bits per heavy atom. The van der Waals surface area contributed by atoms with Crippen molar-refractivity contribution in [2.45, 2.75) is 0 Å². The maximum absolute atomic E-state index is 12.6. The van der Waals surface area contributed by atoms with Gasteiger partial charge in [0.1, 0.15) is 17.1 Å². The molecule has 0 unspecified atom stereocenters. The largest absolute Gasteiger partial charge is 0.478 e. The molecule has 0 atom stereocenters. The second-order valence-corrected chi connectivity index (χ2v) is 7.12. The van der Waals surface area contributed by atoms with Crippen molar-refractivity contribution in [1.29, 1.82) is 0 Å². The molecule has 2 aromatic carbocycles. The number of carbonyl (C=O) groups is 3. The SMILES string of the molecule is O=C1NN(c2ccc(Br)cc2)C(=O)/C1=C\c1ccc(-c2ccc(C(=O)O)cc2)o1. The van der Waals surface area contributed by atoms with Gasteiger partial charge in [0, 0.05) is 10.0 Å². The van der Waals surface area contributed by atoms with Gasteiger partial charge in [0.2, 0.25) is 0 Å². The van der Waals surface area contributed by atoms with Crippen LogP contribution in [-0.2, 0) is 9.59 Å². The van der Waals surface area contributed by atoms with Gasteiger partial charge in [-0.15, -0.1) is 0 Å². The lowest BCUT2D eigenvalue weighted by atomic mass is 10.1. The Hall–Kier alpha value is -3.65. The summed E-state index contributed by atoms with van der Waals surface area (Å²) >= 11 is 3.33. The molecule has 3 aromatic rings. The Morgan fingerprint density at radius 2 is 1.69 bits per heavy atom. The number of halogens is 1. The van der Waals surface area contributed by atoms with E-state index in [-0.39, 0.29) is 11.1 Å². The number of hydrogen-bond acceptors (Lipinski definition) is 4. The summed E-state index contributed by atoms with van der Waals surface area (Å²) in [5.41, 5.74) is 3.87. The maximum atomic E-state index is 12.6. The van der Waals surface area contributed by atoms with Gasteiger partial charge in [0.25, 0.3) is 11.8 Å². The molecule has 1 saturated heterocycles. The number of carboxylic acids is 1. The van der Waals surface area contributed by atoms with Crippen molar-refractivity contribution in [2.24, 2.45) is 0 Å². The third-order valence-corrected chi connectivity index (χ3v) is 4.83. The number of nitrogens with one attached hydrogen (secondary N) is 1. The molecule has 2 heterocycles. The molecule has 2 N–H and O–H groups in total. The molecule has 8 heteroatoms. The van der Waals surface area contributed by atoms with E-state index in [4.69, 9.17) is 9.52 Å². The fraction of sp³-hybridized carbons (Fsp3) is 0. The molecule has 0 aliphatic carbocycles. The predicted octanol–water partition coefficient (Wildman–Crippen LogP) is 3.87. The number of nitrogens with zero attached hydrogens (tertiary/aromatic N) is 1. The number of benzene rings is 2. The highest BCUT2D eigenvalue weighted by Gasteiger charge is 2.34. The summed E-state index contributed by atoms with van der Waals surface area (Å²) in [5.74, 6) is -1.20. The molecule has 1 aliphatic rings. The third kappa shape index (κ3) is 3.70. The molecule has 1 fully saturated rings. The lowest BCUT2D eigenvalue weighted by Crippen LogP contribution is -2.35. The Bertz CT molecular complexity index is 1150. The summed E-state index contributed by atoms with van der Waals surface area (Å²) < 4.78 is 6.56. The minimum atomic E-state index is -1.01. The van der Waals surface area contributed by atoms with E-state index in [0.29, 0.717) is 22.8 Å². The van der Waals surface area contributed by atoms with E-state index in [0.717, 1.165) is 4.47 Å². The van der Waals surface area contributed by atoms with Gasteiger partial charge in [0.15, 0.2) is 0 Å². The Morgan fingerprint density at radius 1 is 1.00 bits per heavy atom. The van der Waals surface area contributed by atoms with Crippen LogP contribution in [0.5, 0.6) is 0 Å². The number of carbonyl (C=O) groups excluding carboxylic acids is 2. The van der Waals surface area contributed by atoms with Gasteiger partial charge in [0.05, 0.1) is 11.3 Å². The van der Waals surface area contributed by atoms with Crippen LogP contribution >= 0.6 is 15.9 Å². The molecule has 2 amide bonds. The van der Waals surface area contributed by atoms with E-state index < -0.39 is 17.8 Å². The summed E-state index contributed by atoms with van der Waals surface area (Å²) in [4.78, 5) is 35.9. The number of carboxylic acid groups (broad SMARTS) is 1. The highest BCUT2D eigenvalue weighted by Crippen LogP contribution is 2.26. The van der Waals surface area contributed by atoms with Crippen LogP contribution < -0.4 is 10.4 Å². The van der Waals surface area contributed by atoms with Crippen LogP contribution in [0.2, 0.25) is 0 Å². The molecule has 0 saturated carbocycles. The zero-order chi connectivity index (χ0) is 20.5. The van der Waals surface area contributed by atoms with Gasteiger partial charge in [-0.05, 0) is 54.6 Å². The zero-order valence-electron chi connectivity index (χ0n) is 14.8. The second-order valence-electron chi connectivity index (χ2n) is 6.20. The summed E-state index contributed by atoms with van der Waals surface area (Å²) in [5, 5.41) is 10.1. The number of aromatic carboxylic acids is 1. The molecule has 0 radical (unpaired) electrons. The van der Waals surface area contributed by atoms with Gasteiger partial charge in [-0.2, -0.15) is 0 Å². The first-order chi connectivity index (χ1) is 13.9. The van der Waals surface area contributed by atoms with Crippen molar-refractivity contribution >= 4 is 45.5 Å². The van der Waals surface area contributed by atoms with Gasteiger partial charge < -0.3 is 9.52 Å². The van der Waals surface area contributed by atoms with Crippen molar-refractivity contribution in [3.63, 3.8) is 0 Å². The zero-order valence-corrected chi connectivity index (χ0v) is 16.3. The van der Waals surface area contributed by atoms with Crippen molar-refractivity contribution in [3.05, 3.63) is 82.0 Å². The lowest BCUT2D eigenvalue weighted by molar-refractivity contribution is -0.117. The van der Waals surface area contributed by atoms with Crippen LogP contribution in [0.15, 0.2) is 75.1 Å². The van der Waals surface area contributed by atoms with Crippen molar-refractivity contribution in [1.82, 2.24) is 5.43 Å². The first-order valence-electron chi connectivity index (χ1n) is 8.48. The number of hydrazine groups is 1. The standard InChI is InChI=1S/C21H13BrN2O5/c22-14-5-7-15(8-6-14)24-20(26)17(19(25)23-24)11-16-9-10-18(29-16)12-1-3-13(4-2-12)21(27)28/h1-11H,(H,23,25)(H,27,28)/b17-11-. The van der Waals surface area contributed by atoms with Gasteiger partial charge in [-0.3, -0.25) is 15.0 Å². The number of anilines is 1. The summed E-state index contributed by atoms with van der Waals surface area (Å²) in [6.07, 6.45) is 1.38. The average molecular weight is 453 g/mol. The van der Waals surface area contributed by atoms with E-state index in [2.05, 4.69) is 21.4 Å². The summed E-state index contributed by atoms with van der Waals surface area (Å²) in [6.45, 7) is 0. The first kappa shape index (κ1) is 18.7. The summed E-state index contributed by atoms with van der Waals surface area (Å²) in [7, 11) is 0. The molecule has 7 nitrogen and oxygen atoms in total. The van der Waals surface area contributed by atoms with E-state index in [1.165, 1.54) is 23.2 Å². The summed E-state index contributed by atoms with van der Waals surface area (Å²) in [6, 6.07) is 16.5. The van der Waals surface area contributed by atoms with Crippen LogP contribution in [0.25, 0.3) is 17.4 Å². The van der Waals surface area contributed by atoms with Crippen molar-refractivity contribution < 1.29 is 23.9 Å². The van der Waals surface area contributed by atoms with Gasteiger partial charge in [-0.25, -0.2) is 9.80 Å². The van der Waals surface area contributed by atoms with Crippen LogP contribution in [0.4, 0.5) is 5.69 Å². The number of furan rings is 1. The Kier molecular flexibility index (Phi) is 4.77. The Balaban J connectivity index is 1.58. The number of rotatable bonds is 4. The molecule has 1 aromatic heterocycles. The van der Waals surface area contributed by atoms with E-state index in [1.807, 2.05) is 0 Å². The molecular weight excluding hydrogens is 440 g/mol. The fourth-order valence-corrected chi connectivity index (χ4v) is 3.10. The smallest absolute Gasteiger partial charge is 0.335 e. The topological polar surface area (TPSA) is 99.9 Å². The van der Waals surface area contributed by atoms with Crippen LogP contribution in [0.1, 0.15) is 16.1 Å². The Labute approximate surface area is 173 Å². The van der Waals surface area contributed by atoms with E-state index in [1.54, 1.807) is 48.5 Å². The minimum absolute atomic E-state index is 0.0463. The quantitative estimate of drug-likeness (QED) is 0.462. The highest BCUT2D eigenvalue weighted by atomic mass is 79.9. The number of amides is 2. The van der Waals surface area contributed by atoms with E-state index >= 15 is 0 Å². The molecule has 1 aliphatic heterocycles. The molecular formula is C21H13BrN2O5.